The Kier molecular flexibility index (Phi) is 6.28. The van der Waals surface area contributed by atoms with Crippen LogP contribution in [0.1, 0.15) is 66.7 Å². The monoisotopic (exact) mass is 350 g/mol. The molecule has 0 aliphatic carbocycles. The normalized spacial score (nSPS) is 22.1. The molecule has 1 atom stereocenters. The Balaban J connectivity index is 1.60. The molecule has 0 radical (unpaired) electrons. The van der Waals surface area contributed by atoms with Crippen LogP contribution >= 0.6 is 0 Å². The zero-order valence-electron chi connectivity index (χ0n) is 16.5. The highest BCUT2D eigenvalue weighted by Gasteiger charge is 2.39. The molecule has 0 aromatic heterocycles. The highest BCUT2D eigenvalue weighted by Crippen LogP contribution is 2.34. The van der Waals surface area contributed by atoms with E-state index in [1.54, 1.807) is 0 Å². The van der Waals surface area contributed by atoms with Crippen LogP contribution in [0.25, 0.3) is 0 Å². The Morgan fingerprint density at radius 3 is 2.28 bits per heavy atom. The maximum Gasteiger partial charge on any atom is 0.233 e. The van der Waals surface area contributed by atoms with Crippen molar-refractivity contribution in [1.82, 2.24) is 9.80 Å². The minimum Gasteiger partial charge on any atom is -0.342 e. The molecule has 0 aromatic carbocycles. The van der Waals surface area contributed by atoms with Crippen molar-refractivity contribution in [3.8, 4) is 0 Å². The first-order chi connectivity index (χ1) is 11.6. The van der Waals surface area contributed by atoms with Gasteiger partial charge in [0.05, 0.1) is 0 Å². The van der Waals surface area contributed by atoms with Crippen molar-refractivity contribution in [2.45, 2.75) is 66.7 Å². The van der Waals surface area contributed by atoms with Crippen LogP contribution in [0.3, 0.4) is 0 Å². The first-order valence-corrected chi connectivity index (χ1v) is 9.73. The molecule has 2 aliphatic rings. The molecule has 2 saturated heterocycles. The fourth-order valence-electron chi connectivity index (χ4n) is 3.58. The van der Waals surface area contributed by atoms with Crippen LogP contribution in [-0.4, -0.2) is 47.2 Å². The molecule has 142 valence electrons. The fraction of sp³-hybridized carbons (Fsp3) is 0.850. The summed E-state index contributed by atoms with van der Waals surface area (Å²) in [5.74, 6) is 0.883. The van der Waals surface area contributed by atoms with Crippen molar-refractivity contribution in [3.63, 3.8) is 0 Å². The lowest BCUT2D eigenvalue weighted by atomic mass is 9.76. The van der Waals surface area contributed by atoms with Gasteiger partial charge in [-0.15, -0.1) is 0 Å². The van der Waals surface area contributed by atoms with E-state index in [2.05, 4.69) is 20.8 Å². The average Bonchev–Trinajstić information content (AvgIpc) is 2.71. The highest BCUT2D eigenvalue weighted by atomic mass is 16.2. The molecule has 0 N–H and O–H groups in total. The summed E-state index contributed by atoms with van der Waals surface area (Å²) in [6, 6.07) is 0. The molecule has 5 heteroatoms. The maximum absolute atomic E-state index is 12.2. The van der Waals surface area contributed by atoms with E-state index in [1.165, 1.54) is 4.90 Å². The predicted octanol–water partition coefficient (Wildman–Crippen LogP) is 3.08. The largest absolute Gasteiger partial charge is 0.342 e. The molecular formula is C20H34N2O3. The molecule has 25 heavy (non-hydrogen) atoms. The molecular weight excluding hydrogens is 316 g/mol. The van der Waals surface area contributed by atoms with Crippen LogP contribution in [0, 0.1) is 23.2 Å². The first-order valence-electron chi connectivity index (χ1n) is 9.73. The van der Waals surface area contributed by atoms with Crippen molar-refractivity contribution in [3.05, 3.63) is 0 Å². The van der Waals surface area contributed by atoms with Crippen molar-refractivity contribution < 1.29 is 14.4 Å². The van der Waals surface area contributed by atoms with Gasteiger partial charge in [-0.3, -0.25) is 19.3 Å². The summed E-state index contributed by atoms with van der Waals surface area (Å²) < 4.78 is 0. The lowest BCUT2D eigenvalue weighted by molar-refractivity contribution is -0.141. The summed E-state index contributed by atoms with van der Waals surface area (Å²) in [6.07, 6.45) is 3.44. The molecule has 0 spiro atoms. The zero-order chi connectivity index (χ0) is 18.8. The van der Waals surface area contributed by atoms with Gasteiger partial charge in [-0.2, -0.15) is 0 Å². The lowest BCUT2D eigenvalue weighted by Crippen LogP contribution is -2.54. The second-order valence-electron chi connectivity index (χ2n) is 9.11. The third-order valence-corrected chi connectivity index (χ3v) is 5.81. The number of amides is 3. The van der Waals surface area contributed by atoms with Gasteiger partial charge >= 0.3 is 0 Å². The van der Waals surface area contributed by atoms with Gasteiger partial charge in [0, 0.05) is 38.4 Å². The Morgan fingerprint density at radius 1 is 1.12 bits per heavy atom. The molecule has 2 fully saturated rings. The topological polar surface area (TPSA) is 57.7 Å². The van der Waals surface area contributed by atoms with Crippen LogP contribution in [0.2, 0.25) is 0 Å². The summed E-state index contributed by atoms with van der Waals surface area (Å²) in [5, 5.41) is 0. The van der Waals surface area contributed by atoms with Gasteiger partial charge in [0.25, 0.3) is 0 Å². The van der Waals surface area contributed by atoms with Gasteiger partial charge in [-0.25, -0.2) is 0 Å². The number of likely N-dealkylation sites (tertiary alicyclic amines) is 2. The number of hydrogen-bond acceptors (Lipinski definition) is 3. The van der Waals surface area contributed by atoms with E-state index in [4.69, 9.17) is 0 Å². The summed E-state index contributed by atoms with van der Waals surface area (Å²) in [7, 11) is 0. The van der Waals surface area contributed by atoms with Crippen LogP contribution in [0.5, 0.6) is 0 Å². The molecule has 1 unspecified atom stereocenters. The van der Waals surface area contributed by atoms with Crippen LogP contribution in [0.15, 0.2) is 0 Å². The second-order valence-corrected chi connectivity index (χ2v) is 9.11. The average molecular weight is 351 g/mol. The Labute approximate surface area is 152 Å². The standard InChI is InChI=1S/C20H34N2O3/c1-14(2)16-11-18(24)22(19(16)25)10-8-6-7-9-17(23)21-12-15(13-21)20(3,4)5/h14-16H,6-13H2,1-5H3. The summed E-state index contributed by atoms with van der Waals surface area (Å²) >= 11 is 0. The van der Waals surface area contributed by atoms with Gasteiger partial charge in [-0.05, 0) is 30.1 Å². The number of rotatable bonds is 7. The van der Waals surface area contributed by atoms with Crippen LogP contribution < -0.4 is 0 Å². The number of hydrogen-bond donors (Lipinski definition) is 0. The van der Waals surface area contributed by atoms with Gasteiger partial charge in [0.15, 0.2) is 0 Å². The summed E-state index contributed by atoms with van der Waals surface area (Å²) in [5.41, 5.74) is 0.277. The molecule has 3 amide bonds. The molecule has 5 nitrogen and oxygen atoms in total. The predicted molar refractivity (Wildman–Crippen MR) is 97.7 cm³/mol. The van der Waals surface area contributed by atoms with Crippen molar-refractivity contribution >= 4 is 17.7 Å². The van der Waals surface area contributed by atoms with E-state index in [-0.39, 0.29) is 35.0 Å². The number of nitrogens with zero attached hydrogens (tertiary/aromatic N) is 2. The first kappa shape index (κ1) is 19.9. The van der Waals surface area contributed by atoms with Crippen LogP contribution in [0.4, 0.5) is 0 Å². The highest BCUT2D eigenvalue weighted by molar-refractivity contribution is 6.03. The maximum atomic E-state index is 12.2. The summed E-state index contributed by atoms with van der Waals surface area (Å²) in [6.45, 7) is 12.9. The molecule has 2 heterocycles. The van der Waals surface area contributed by atoms with E-state index in [1.807, 2.05) is 18.7 Å². The SMILES string of the molecule is CC(C)C1CC(=O)N(CCCCCC(=O)N2CC(C(C)(C)C)C2)C1=O. The fourth-order valence-corrected chi connectivity index (χ4v) is 3.58. The van der Waals surface area contributed by atoms with Gasteiger partial charge in [0.2, 0.25) is 17.7 Å². The van der Waals surface area contributed by atoms with Crippen molar-refractivity contribution in [2.24, 2.45) is 23.2 Å². The van der Waals surface area contributed by atoms with Gasteiger partial charge < -0.3 is 4.90 Å². The Hall–Kier alpha value is -1.39. The van der Waals surface area contributed by atoms with Crippen LogP contribution in [-0.2, 0) is 14.4 Å². The Bertz CT molecular complexity index is 516. The molecule has 0 saturated carbocycles. The summed E-state index contributed by atoms with van der Waals surface area (Å²) in [4.78, 5) is 39.7. The lowest BCUT2D eigenvalue weighted by Gasteiger charge is -2.46. The van der Waals surface area contributed by atoms with Crippen molar-refractivity contribution in [1.29, 1.82) is 0 Å². The number of carbonyl (C=O) groups excluding carboxylic acids is 3. The third kappa shape index (κ3) is 4.83. The van der Waals surface area contributed by atoms with E-state index in [0.29, 0.717) is 25.3 Å². The Morgan fingerprint density at radius 2 is 1.76 bits per heavy atom. The smallest absolute Gasteiger partial charge is 0.233 e. The third-order valence-electron chi connectivity index (χ3n) is 5.81. The number of unbranched alkanes of at least 4 members (excludes halogenated alkanes) is 2. The van der Waals surface area contributed by atoms with E-state index >= 15 is 0 Å². The quantitative estimate of drug-likeness (QED) is 0.524. The number of carbonyl (C=O) groups is 3. The second kappa shape index (κ2) is 7.88. The van der Waals surface area contributed by atoms with Gasteiger partial charge in [0.1, 0.15) is 0 Å². The minimum absolute atomic E-state index is 0.00937. The molecule has 2 rings (SSSR count). The zero-order valence-corrected chi connectivity index (χ0v) is 16.5. The minimum atomic E-state index is -0.142. The van der Waals surface area contributed by atoms with E-state index in [9.17, 15) is 14.4 Å². The molecule has 2 aliphatic heterocycles. The molecule has 0 aromatic rings. The van der Waals surface area contributed by atoms with Crippen molar-refractivity contribution in [2.75, 3.05) is 19.6 Å². The molecule has 0 bridgehead atoms. The van der Waals surface area contributed by atoms with E-state index < -0.39 is 0 Å². The van der Waals surface area contributed by atoms with Gasteiger partial charge in [-0.1, -0.05) is 41.0 Å². The number of imide groups is 1. The van der Waals surface area contributed by atoms with E-state index in [0.717, 1.165) is 32.4 Å².